The molecule has 7 heavy (non-hydrogen) atoms. The van der Waals surface area contributed by atoms with Gasteiger partial charge in [0, 0.05) is 13.5 Å². The molecule has 0 saturated heterocycles. The summed E-state index contributed by atoms with van der Waals surface area (Å²) in [4.78, 5) is 4.52. The van der Waals surface area contributed by atoms with E-state index in [0.29, 0.717) is 6.42 Å². The topological polar surface area (TPSA) is 45.1 Å². The predicted octanol–water partition coefficient (Wildman–Crippen LogP) is 0.525. The Balaban J connectivity index is 3.00. The Morgan fingerprint density at radius 2 is 2.43 bits per heavy atom. The van der Waals surface area contributed by atoms with E-state index in [0.717, 1.165) is 0 Å². The molecule has 2 N–H and O–H groups in total. The maximum atomic E-state index is 6.85. The van der Waals surface area contributed by atoms with Crippen molar-refractivity contribution in [2.45, 2.75) is 13.3 Å². The Morgan fingerprint density at radius 1 is 1.86 bits per heavy atom. The fraction of sp³-hybridized carbons (Fsp3) is 0.750. The van der Waals surface area contributed by atoms with Crippen molar-refractivity contribution in [3.05, 3.63) is 0 Å². The summed E-state index contributed by atoms with van der Waals surface area (Å²) in [6.07, 6.45) is 0.640. The average Bonchev–Trinajstić information content (AvgIpc) is 1.68. The first-order valence-electron chi connectivity index (χ1n) is 2.22. The average molecular weight is 102 g/mol. The molecule has 0 aromatic heterocycles. The minimum atomic E-state index is 0.266. The van der Waals surface area contributed by atoms with Gasteiger partial charge in [0.05, 0.1) is 0 Å². The van der Waals surface area contributed by atoms with Crippen LogP contribution in [0.25, 0.3) is 0 Å². The summed E-state index contributed by atoms with van der Waals surface area (Å²) in [7, 11) is 1.63. The van der Waals surface area contributed by atoms with Gasteiger partial charge in [-0.3, -0.25) is 5.41 Å². The van der Waals surface area contributed by atoms with Crippen LogP contribution in [0.15, 0.2) is 0 Å². The molecule has 0 amide bonds. The number of nitrogens with one attached hydrogen (secondary N) is 2. The molecule has 42 valence electrons. The van der Waals surface area contributed by atoms with Crippen molar-refractivity contribution in [1.82, 2.24) is 5.48 Å². The molecular formula is C4H10N2O. The summed E-state index contributed by atoms with van der Waals surface area (Å²) >= 11 is 0. The van der Waals surface area contributed by atoms with Gasteiger partial charge < -0.3 is 4.84 Å². The predicted molar refractivity (Wildman–Crippen MR) is 28.2 cm³/mol. The second-order valence-corrected chi connectivity index (χ2v) is 1.08. The molecule has 0 saturated carbocycles. The van der Waals surface area contributed by atoms with Crippen molar-refractivity contribution in [2.75, 3.05) is 7.05 Å². The minimum absolute atomic E-state index is 0.266. The van der Waals surface area contributed by atoms with Crippen molar-refractivity contribution in [1.29, 1.82) is 5.41 Å². The highest BCUT2D eigenvalue weighted by atomic mass is 16.6. The van der Waals surface area contributed by atoms with E-state index in [1.807, 2.05) is 6.92 Å². The van der Waals surface area contributed by atoms with Crippen LogP contribution in [0, 0.1) is 5.41 Å². The fourth-order valence-corrected chi connectivity index (χ4v) is 0.195. The molecular weight excluding hydrogens is 92.1 g/mol. The molecule has 0 aliphatic heterocycles. The van der Waals surface area contributed by atoms with Gasteiger partial charge in [-0.25, -0.2) is 0 Å². The SMILES string of the molecule is CCC(=N)ONC. The summed E-state index contributed by atoms with van der Waals surface area (Å²) in [6, 6.07) is 0. The van der Waals surface area contributed by atoms with E-state index in [1.165, 1.54) is 0 Å². The minimum Gasteiger partial charge on any atom is -0.394 e. The largest absolute Gasteiger partial charge is 0.394 e. The Morgan fingerprint density at radius 3 is 2.57 bits per heavy atom. The zero-order chi connectivity index (χ0) is 5.70. The molecule has 0 aromatic carbocycles. The lowest BCUT2D eigenvalue weighted by Crippen LogP contribution is -2.12. The third-order valence-corrected chi connectivity index (χ3v) is 0.546. The molecule has 0 atom stereocenters. The van der Waals surface area contributed by atoms with E-state index in [9.17, 15) is 0 Å². The first-order chi connectivity index (χ1) is 3.31. The first-order valence-corrected chi connectivity index (χ1v) is 2.22. The van der Waals surface area contributed by atoms with Gasteiger partial charge in [-0.15, -0.1) is 0 Å². The molecule has 0 aromatic rings. The molecule has 0 aliphatic rings. The Labute approximate surface area is 43.1 Å². The molecule has 0 heterocycles. The van der Waals surface area contributed by atoms with E-state index in [-0.39, 0.29) is 5.90 Å². The lowest BCUT2D eigenvalue weighted by atomic mass is 10.5. The van der Waals surface area contributed by atoms with Gasteiger partial charge >= 0.3 is 0 Å². The zero-order valence-electron chi connectivity index (χ0n) is 4.62. The molecule has 3 nitrogen and oxygen atoms in total. The lowest BCUT2D eigenvalue weighted by Gasteiger charge is -1.98. The quantitative estimate of drug-likeness (QED) is 0.303. The second-order valence-electron chi connectivity index (χ2n) is 1.08. The van der Waals surface area contributed by atoms with Crippen LogP contribution in [-0.2, 0) is 4.84 Å². The van der Waals surface area contributed by atoms with Gasteiger partial charge in [0.25, 0.3) is 0 Å². The van der Waals surface area contributed by atoms with E-state index in [1.54, 1.807) is 7.05 Å². The van der Waals surface area contributed by atoms with E-state index >= 15 is 0 Å². The highest BCUT2D eigenvalue weighted by Crippen LogP contribution is 1.77. The summed E-state index contributed by atoms with van der Waals surface area (Å²) in [5, 5.41) is 6.85. The molecule has 0 rings (SSSR count). The van der Waals surface area contributed by atoms with Crippen LogP contribution in [0.2, 0.25) is 0 Å². The molecule has 0 spiro atoms. The third kappa shape index (κ3) is 3.26. The van der Waals surface area contributed by atoms with Gasteiger partial charge in [0.2, 0.25) is 5.90 Å². The normalized spacial score (nSPS) is 8.29. The summed E-state index contributed by atoms with van der Waals surface area (Å²) in [5.74, 6) is 0.266. The smallest absolute Gasteiger partial charge is 0.206 e. The first kappa shape index (κ1) is 6.43. The van der Waals surface area contributed by atoms with E-state index in [2.05, 4.69) is 10.3 Å². The summed E-state index contributed by atoms with van der Waals surface area (Å²) in [6.45, 7) is 1.86. The summed E-state index contributed by atoms with van der Waals surface area (Å²) < 4.78 is 0. The Hall–Kier alpha value is -0.570. The number of hydrogen-bond donors (Lipinski definition) is 2. The highest BCUT2D eigenvalue weighted by molar-refractivity contribution is 5.71. The van der Waals surface area contributed by atoms with Crippen molar-refractivity contribution in [2.24, 2.45) is 0 Å². The van der Waals surface area contributed by atoms with Crippen molar-refractivity contribution in [3.63, 3.8) is 0 Å². The van der Waals surface area contributed by atoms with E-state index in [4.69, 9.17) is 5.41 Å². The van der Waals surface area contributed by atoms with E-state index < -0.39 is 0 Å². The number of hydroxylamine groups is 1. The molecule has 0 unspecified atom stereocenters. The van der Waals surface area contributed by atoms with Crippen LogP contribution < -0.4 is 5.48 Å². The fourth-order valence-electron chi connectivity index (χ4n) is 0.195. The molecule has 0 aliphatic carbocycles. The molecule has 3 heteroatoms. The van der Waals surface area contributed by atoms with Crippen LogP contribution in [0.1, 0.15) is 13.3 Å². The van der Waals surface area contributed by atoms with Crippen molar-refractivity contribution >= 4 is 5.90 Å². The Kier molecular flexibility index (Phi) is 3.32. The lowest BCUT2D eigenvalue weighted by molar-refractivity contribution is 0.200. The van der Waals surface area contributed by atoms with Crippen LogP contribution in [0.4, 0.5) is 0 Å². The maximum absolute atomic E-state index is 6.85. The standard InChI is InChI=1S/C4H10N2O/c1-3-4(5)7-6-2/h5-6H,3H2,1-2H3. The second kappa shape index (κ2) is 3.61. The third-order valence-electron chi connectivity index (χ3n) is 0.546. The highest BCUT2D eigenvalue weighted by Gasteiger charge is 1.85. The maximum Gasteiger partial charge on any atom is 0.206 e. The van der Waals surface area contributed by atoms with Crippen LogP contribution in [-0.4, -0.2) is 12.9 Å². The van der Waals surface area contributed by atoms with Crippen molar-refractivity contribution < 1.29 is 4.84 Å². The van der Waals surface area contributed by atoms with Crippen LogP contribution in [0.5, 0.6) is 0 Å². The van der Waals surface area contributed by atoms with Gasteiger partial charge in [0.15, 0.2) is 0 Å². The number of hydrogen-bond acceptors (Lipinski definition) is 3. The van der Waals surface area contributed by atoms with Crippen molar-refractivity contribution in [3.8, 4) is 0 Å². The van der Waals surface area contributed by atoms with Gasteiger partial charge in [-0.05, 0) is 0 Å². The van der Waals surface area contributed by atoms with Gasteiger partial charge in [-0.1, -0.05) is 6.92 Å². The van der Waals surface area contributed by atoms with Crippen LogP contribution in [0.3, 0.4) is 0 Å². The van der Waals surface area contributed by atoms with Crippen LogP contribution >= 0.6 is 0 Å². The summed E-state index contributed by atoms with van der Waals surface area (Å²) in [5.41, 5.74) is 2.39. The molecule has 0 radical (unpaired) electrons. The Bertz CT molecular complexity index is 62.7. The monoisotopic (exact) mass is 102 g/mol. The van der Waals surface area contributed by atoms with Gasteiger partial charge in [0.1, 0.15) is 0 Å². The number of rotatable bonds is 2. The molecule has 0 bridgehead atoms. The zero-order valence-corrected chi connectivity index (χ0v) is 4.62. The van der Waals surface area contributed by atoms with Gasteiger partial charge in [-0.2, -0.15) is 5.48 Å². The molecule has 0 fully saturated rings.